The molecule has 0 unspecified atom stereocenters. The first-order valence-corrected chi connectivity index (χ1v) is 10.8. The number of amides is 3. The molecule has 0 aromatic heterocycles. The molecule has 3 N–H and O–H groups in total. The number of nitrogens with zero attached hydrogens (tertiary/aromatic N) is 2. The van der Waals surface area contributed by atoms with Crippen LogP contribution in [0.1, 0.15) is 42.9 Å². The predicted octanol–water partition coefficient (Wildman–Crippen LogP) is 3.15. The summed E-state index contributed by atoms with van der Waals surface area (Å²) in [7, 11) is 0. The summed E-state index contributed by atoms with van der Waals surface area (Å²) in [4.78, 5) is 27.7. The van der Waals surface area contributed by atoms with E-state index in [4.69, 9.17) is 5.73 Å². The zero-order chi connectivity index (χ0) is 21.2. The highest BCUT2D eigenvalue weighted by atomic mass is 16.2. The van der Waals surface area contributed by atoms with Crippen LogP contribution >= 0.6 is 0 Å². The van der Waals surface area contributed by atoms with Crippen molar-refractivity contribution < 1.29 is 9.59 Å². The van der Waals surface area contributed by atoms with Crippen LogP contribution in [0.3, 0.4) is 0 Å². The monoisotopic (exact) mass is 408 g/mol. The molecule has 1 aliphatic rings. The van der Waals surface area contributed by atoms with Gasteiger partial charge in [0.25, 0.3) is 0 Å². The van der Waals surface area contributed by atoms with E-state index in [1.54, 1.807) is 0 Å². The molecule has 0 saturated carbocycles. The largest absolute Gasteiger partial charge is 0.352 e. The fourth-order valence-corrected chi connectivity index (χ4v) is 4.06. The summed E-state index contributed by atoms with van der Waals surface area (Å²) < 4.78 is 0. The highest BCUT2D eigenvalue weighted by Gasteiger charge is 2.27. The van der Waals surface area contributed by atoms with Crippen molar-refractivity contribution >= 4 is 11.9 Å². The van der Waals surface area contributed by atoms with Crippen molar-refractivity contribution in [1.82, 2.24) is 15.1 Å². The molecule has 1 aliphatic heterocycles. The molecule has 3 rings (SSSR count). The van der Waals surface area contributed by atoms with Crippen LogP contribution in [-0.4, -0.2) is 54.5 Å². The standard InChI is InChI=1S/C24H32N4O2/c25-24(30)26-15-9-3-8-14-22(29)27-16-18-28(19-17-27)23(20-10-4-1-5-11-20)21-12-6-2-7-13-21/h1-2,4-7,10-13,23H,3,8-9,14-19H2,(H3,25,26,30). The Balaban J connectivity index is 1.50. The summed E-state index contributed by atoms with van der Waals surface area (Å²) in [6.07, 6.45) is 3.17. The van der Waals surface area contributed by atoms with Gasteiger partial charge in [-0.3, -0.25) is 9.69 Å². The molecule has 0 atom stereocenters. The van der Waals surface area contributed by atoms with Crippen LogP contribution in [0.25, 0.3) is 0 Å². The topological polar surface area (TPSA) is 78.7 Å². The molecule has 160 valence electrons. The van der Waals surface area contributed by atoms with Crippen molar-refractivity contribution in [3.63, 3.8) is 0 Å². The Morgan fingerprint density at radius 3 is 1.93 bits per heavy atom. The molecule has 6 nitrogen and oxygen atoms in total. The second-order valence-corrected chi connectivity index (χ2v) is 7.74. The molecule has 0 radical (unpaired) electrons. The number of carbonyl (C=O) groups is 2. The van der Waals surface area contributed by atoms with E-state index in [-0.39, 0.29) is 11.9 Å². The van der Waals surface area contributed by atoms with Crippen molar-refractivity contribution in [1.29, 1.82) is 0 Å². The maximum absolute atomic E-state index is 12.6. The SMILES string of the molecule is NC(=O)NCCCCCC(=O)N1CCN(C(c2ccccc2)c2ccccc2)CC1. The Kier molecular flexibility index (Phi) is 8.27. The van der Waals surface area contributed by atoms with Crippen LogP contribution in [0, 0.1) is 0 Å². The van der Waals surface area contributed by atoms with Gasteiger partial charge in [-0.25, -0.2) is 4.79 Å². The molecule has 2 aromatic rings. The highest BCUT2D eigenvalue weighted by molar-refractivity contribution is 5.76. The lowest BCUT2D eigenvalue weighted by Gasteiger charge is -2.40. The van der Waals surface area contributed by atoms with Crippen LogP contribution in [0.4, 0.5) is 4.79 Å². The van der Waals surface area contributed by atoms with E-state index in [0.717, 1.165) is 45.4 Å². The Morgan fingerprint density at radius 2 is 1.40 bits per heavy atom. The van der Waals surface area contributed by atoms with Crippen LogP contribution in [0.15, 0.2) is 60.7 Å². The molecule has 1 saturated heterocycles. The van der Waals surface area contributed by atoms with Crippen LogP contribution < -0.4 is 11.1 Å². The fraction of sp³-hybridized carbons (Fsp3) is 0.417. The number of unbranched alkanes of at least 4 members (excludes halogenated alkanes) is 2. The van der Waals surface area contributed by atoms with Crippen molar-refractivity contribution in [3.05, 3.63) is 71.8 Å². The first-order valence-electron chi connectivity index (χ1n) is 10.8. The van der Waals surface area contributed by atoms with Crippen LogP contribution in [0.5, 0.6) is 0 Å². The van der Waals surface area contributed by atoms with Gasteiger partial charge in [0.15, 0.2) is 0 Å². The number of rotatable bonds is 9. The third-order valence-corrected chi connectivity index (χ3v) is 5.63. The normalized spacial score (nSPS) is 14.6. The lowest BCUT2D eigenvalue weighted by atomic mass is 9.96. The number of benzene rings is 2. The van der Waals surface area contributed by atoms with Gasteiger partial charge < -0.3 is 16.0 Å². The zero-order valence-electron chi connectivity index (χ0n) is 17.5. The smallest absolute Gasteiger partial charge is 0.312 e. The van der Waals surface area contributed by atoms with E-state index in [1.807, 2.05) is 17.0 Å². The van der Waals surface area contributed by atoms with Gasteiger partial charge >= 0.3 is 6.03 Å². The highest BCUT2D eigenvalue weighted by Crippen LogP contribution is 2.29. The second kappa shape index (κ2) is 11.4. The number of hydrogen-bond acceptors (Lipinski definition) is 3. The Bertz CT molecular complexity index is 750. The van der Waals surface area contributed by atoms with Crippen molar-refractivity contribution in [2.75, 3.05) is 32.7 Å². The van der Waals surface area contributed by atoms with E-state index < -0.39 is 6.03 Å². The maximum atomic E-state index is 12.6. The Labute approximate surface area is 179 Å². The molecule has 1 fully saturated rings. The summed E-state index contributed by atoms with van der Waals surface area (Å²) in [6, 6.07) is 20.9. The fourth-order valence-electron chi connectivity index (χ4n) is 4.06. The maximum Gasteiger partial charge on any atom is 0.312 e. The van der Waals surface area contributed by atoms with Gasteiger partial charge in [0.2, 0.25) is 5.91 Å². The number of urea groups is 1. The zero-order valence-corrected chi connectivity index (χ0v) is 17.5. The van der Waals surface area contributed by atoms with Gasteiger partial charge in [-0.05, 0) is 24.0 Å². The minimum Gasteiger partial charge on any atom is -0.352 e. The predicted molar refractivity (Wildman–Crippen MR) is 119 cm³/mol. The minimum atomic E-state index is -0.492. The molecular weight excluding hydrogens is 376 g/mol. The van der Waals surface area contributed by atoms with Gasteiger partial charge in [-0.15, -0.1) is 0 Å². The third-order valence-electron chi connectivity index (χ3n) is 5.63. The molecule has 6 heteroatoms. The summed E-state index contributed by atoms with van der Waals surface area (Å²) in [5, 5.41) is 2.58. The molecule has 3 amide bonds. The van der Waals surface area contributed by atoms with E-state index >= 15 is 0 Å². The average Bonchev–Trinajstić information content (AvgIpc) is 2.78. The molecule has 0 spiro atoms. The number of hydrogen-bond donors (Lipinski definition) is 2. The average molecular weight is 409 g/mol. The number of nitrogens with one attached hydrogen (secondary N) is 1. The quantitative estimate of drug-likeness (QED) is 0.626. The van der Waals surface area contributed by atoms with Gasteiger partial charge in [-0.1, -0.05) is 67.1 Å². The van der Waals surface area contributed by atoms with E-state index in [9.17, 15) is 9.59 Å². The van der Waals surface area contributed by atoms with E-state index in [0.29, 0.717) is 13.0 Å². The Hall–Kier alpha value is -2.86. The summed E-state index contributed by atoms with van der Waals surface area (Å²) in [5.74, 6) is 0.230. The first-order chi connectivity index (χ1) is 14.6. The minimum absolute atomic E-state index is 0.211. The molecular formula is C24H32N4O2. The van der Waals surface area contributed by atoms with Gasteiger partial charge in [0.05, 0.1) is 6.04 Å². The number of piperazine rings is 1. The first kappa shape index (κ1) is 21.8. The lowest BCUT2D eigenvalue weighted by molar-refractivity contribution is -0.133. The molecule has 2 aromatic carbocycles. The Morgan fingerprint density at radius 1 is 0.833 bits per heavy atom. The van der Waals surface area contributed by atoms with Gasteiger partial charge in [0, 0.05) is 39.1 Å². The van der Waals surface area contributed by atoms with Gasteiger partial charge in [-0.2, -0.15) is 0 Å². The number of primary amides is 1. The van der Waals surface area contributed by atoms with Crippen LogP contribution in [0.2, 0.25) is 0 Å². The van der Waals surface area contributed by atoms with Gasteiger partial charge in [0.1, 0.15) is 0 Å². The molecule has 0 aliphatic carbocycles. The van der Waals surface area contributed by atoms with Crippen molar-refractivity contribution in [2.24, 2.45) is 5.73 Å². The molecule has 30 heavy (non-hydrogen) atoms. The molecule has 1 heterocycles. The van der Waals surface area contributed by atoms with E-state index in [2.05, 4.69) is 58.7 Å². The lowest BCUT2D eigenvalue weighted by Crippen LogP contribution is -2.49. The number of carbonyl (C=O) groups excluding carboxylic acids is 2. The molecule has 0 bridgehead atoms. The van der Waals surface area contributed by atoms with Crippen LogP contribution in [-0.2, 0) is 4.79 Å². The van der Waals surface area contributed by atoms with Crippen molar-refractivity contribution in [2.45, 2.75) is 31.7 Å². The third kappa shape index (κ3) is 6.32. The summed E-state index contributed by atoms with van der Waals surface area (Å²) in [6.45, 7) is 3.82. The summed E-state index contributed by atoms with van der Waals surface area (Å²) in [5.41, 5.74) is 7.62. The summed E-state index contributed by atoms with van der Waals surface area (Å²) >= 11 is 0. The number of nitrogens with two attached hydrogens (primary N) is 1. The second-order valence-electron chi connectivity index (χ2n) is 7.74. The van der Waals surface area contributed by atoms with Crippen molar-refractivity contribution in [3.8, 4) is 0 Å². The van der Waals surface area contributed by atoms with E-state index in [1.165, 1.54) is 11.1 Å².